The molecule has 0 aromatic heterocycles. The largest absolute Gasteiger partial charge is 0.465 e. The van der Waals surface area contributed by atoms with Gasteiger partial charge >= 0.3 is 11.9 Å². The second-order valence-electron chi connectivity index (χ2n) is 12.9. The molecule has 39 heavy (non-hydrogen) atoms. The first-order valence-electron chi connectivity index (χ1n) is 16.7. The van der Waals surface area contributed by atoms with E-state index in [4.69, 9.17) is 9.47 Å². The average molecular weight is 555 g/mol. The zero-order chi connectivity index (χ0) is 29.2. The molecule has 0 aliphatic carbocycles. The molecule has 0 unspecified atom stereocenters. The van der Waals surface area contributed by atoms with Crippen LogP contribution in [0.5, 0.6) is 0 Å². The first kappa shape index (κ1) is 37.9. The van der Waals surface area contributed by atoms with Crippen molar-refractivity contribution in [1.29, 1.82) is 0 Å². The Hall–Kier alpha value is -1.10. The van der Waals surface area contributed by atoms with Crippen molar-refractivity contribution >= 4 is 11.9 Å². The molecule has 232 valence electrons. The van der Waals surface area contributed by atoms with E-state index < -0.39 is 5.41 Å². The predicted molar refractivity (Wildman–Crippen MR) is 164 cm³/mol. The second-order valence-corrected chi connectivity index (χ2v) is 12.9. The van der Waals surface area contributed by atoms with Gasteiger partial charge in [0.2, 0.25) is 0 Å². The van der Waals surface area contributed by atoms with Gasteiger partial charge in [0, 0.05) is 12.8 Å². The fourth-order valence-electron chi connectivity index (χ4n) is 4.83. The Kier molecular flexibility index (Phi) is 25.1. The van der Waals surface area contributed by atoms with Crippen LogP contribution < -0.4 is 0 Å². The van der Waals surface area contributed by atoms with Gasteiger partial charge in [0.15, 0.2) is 0 Å². The van der Waals surface area contributed by atoms with Crippen molar-refractivity contribution in [3.63, 3.8) is 0 Å². The minimum atomic E-state index is -0.712. The standard InChI is InChI=1S/C34H66O5/c1-6-34(27-35,28-38-32(36)25-21-17-13-9-7-11-15-19-23-30(2)3)29-39-33(37)26-22-18-14-10-8-12-16-20-24-31(4)5/h30-31,35H,6-29H2,1-5H3. The number of esters is 2. The number of aliphatic hydroxyl groups is 1. The normalized spacial score (nSPS) is 11.9. The number of hydrogen-bond acceptors (Lipinski definition) is 5. The molecule has 0 atom stereocenters. The summed E-state index contributed by atoms with van der Waals surface area (Å²) in [7, 11) is 0. The Morgan fingerprint density at radius 3 is 1.15 bits per heavy atom. The number of ether oxygens (including phenoxy) is 2. The van der Waals surface area contributed by atoms with Crippen molar-refractivity contribution in [2.24, 2.45) is 17.3 Å². The molecular weight excluding hydrogens is 488 g/mol. The highest BCUT2D eigenvalue weighted by molar-refractivity contribution is 5.69. The van der Waals surface area contributed by atoms with Crippen LogP contribution >= 0.6 is 0 Å². The van der Waals surface area contributed by atoms with Gasteiger partial charge in [-0.15, -0.1) is 0 Å². The van der Waals surface area contributed by atoms with Crippen molar-refractivity contribution in [3.8, 4) is 0 Å². The van der Waals surface area contributed by atoms with Crippen LogP contribution in [0.3, 0.4) is 0 Å². The number of carbonyl (C=O) groups is 2. The summed E-state index contributed by atoms with van der Waals surface area (Å²) < 4.78 is 11.0. The summed E-state index contributed by atoms with van der Waals surface area (Å²) in [6, 6.07) is 0. The molecule has 0 heterocycles. The van der Waals surface area contributed by atoms with Crippen LogP contribution in [-0.4, -0.2) is 36.9 Å². The van der Waals surface area contributed by atoms with Gasteiger partial charge in [0.05, 0.1) is 12.0 Å². The molecule has 1 N–H and O–H groups in total. The summed E-state index contributed by atoms with van der Waals surface area (Å²) >= 11 is 0. The number of carbonyl (C=O) groups excluding carboxylic acids is 2. The van der Waals surface area contributed by atoms with Gasteiger partial charge in [-0.3, -0.25) is 9.59 Å². The minimum absolute atomic E-state index is 0.0969. The maximum absolute atomic E-state index is 12.2. The van der Waals surface area contributed by atoms with E-state index in [2.05, 4.69) is 27.7 Å². The maximum atomic E-state index is 12.2. The van der Waals surface area contributed by atoms with Crippen LogP contribution in [0.25, 0.3) is 0 Å². The highest BCUT2D eigenvalue weighted by atomic mass is 16.5. The molecule has 0 amide bonds. The molecule has 0 aromatic carbocycles. The summed E-state index contributed by atoms with van der Waals surface area (Å²) in [4.78, 5) is 24.5. The van der Waals surface area contributed by atoms with E-state index in [1.165, 1.54) is 89.9 Å². The molecule has 0 bridgehead atoms. The van der Waals surface area contributed by atoms with E-state index in [9.17, 15) is 14.7 Å². The minimum Gasteiger partial charge on any atom is -0.465 e. The first-order chi connectivity index (χ1) is 18.7. The van der Waals surface area contributed by atoms with E-state index in [0.717, 1.165) is 37.5 Å². The lowest BCUT2D eigenvalue weighted by atomic mass is 9.88. The lowest BCUT2D eigenvalue weighted by Crippen LogP contribution is -2.37. The third-order valence-electron chi connectivity index (χ3n) is 7.99. The monoisotopic (exact) mass is 554 g/mol. The van der Waals surface area contributed by atoms with Crippen LogP contribution in [0.15, 0.2) is 0 Å². The molecule has 0 aromatic rings. The van der Waals surface area contributed by atoms with Gasteiger partial charge in [0.1, 0.15) is 13.2 Å². The molecule has 5 nitrogen and oxygen atoms in total. The number of unbranched alkanes of at least 4 members (excludes halogenated alkanes) is 14. The van der Waals surface area contributed by atoms with E-state index in [-0.39, 0.29) is 31.8 Å². The summed E-state index contributed by atoms with van der Waals surface area (Å²) in [5.74, 6) is 1.17. The number of rotatable bonds is 28. The Bertz CT molecular complexity index is 522. The summed E-state index contributed by atoms with van der Waals surface area (Å²) in [5, 5.41) is 9.97. The fourth-order valence-corrected chi connectivity index (χ4v) is 4.83. The van der Waals surface area contributed by atoms with E-state index in [0.29, 0.717) is 19.3 Å². The summed E-state index contributed by atoms with van der Waals surface area (Å²) in [6.07, 6.45) is 23.2. The maximum Gasteiger partial charge on any atom is 0.305 e. The van der Waals surface area contributed by atoms with Gasteiger partial charge in [-0.1, -0.05) is 137 Å². The number of aliphatic hydroxyl groups excluding tert-OH is 1. The quantitative estimate of drug-likeness (QED) is 0.0770. The van der Waals surface area contributed by atoms with Crippen LogP contribution in [0, 0.1) is 17.3 Å². The van der Waals surface area contributed by atoms with Crippen molar-refractivity contribution in [2.75, 3.05) is 19.8 Å². The van der Waals surface area contributed by atoms with Crippen molar-refractivity contribution in [3.05, 3.63) is 0 Å². The van der Waals surface area contributed by atoms with Crippen LogP contribution in [-0.2, 0) is 19.1 Å². The number of hydrogen-bond donors (Lipinski definition) is 1. The SMILES string of the molecule is CCC(CO)(COC(=O)CCCCCCCCCCC(C)C)COC(=O)CCCCCCCCCCC(C)C. The lowest BCUT2D eigenvalue weighted by Gasteiger charge is -2.29. The molecular formula is C34H66O5. The highest BCUT2D eigenvalue weighted by Crippen LogP contribution is 2.24. The molecule has 0 radical (unpaired) electrons. The highest BCUT2D eigenvalue weighted by Gasteiger charge is 2.31. The molecule has 0 saturated heterocycles. The molecule has 5 heteroatoms. The molecule has 0 spiro atoms. The third kappa shape index (κ3) is 24.4. The van der Waals surface area contributed by atoms with Gasteiger partial charge in [-0.05, 0) is 31.1 Å². The summed E-state index contributed by atoms with van der Waals surface area (Å²) in [6.45, 7) is 11.1. The van der Waals surface area contributed by atoms with Gasteiger partial charge in [0.25, 0.3) is 0 Å². The zero-order valence-electron chi connectivity index (χ0n) is 26.7. The molecule has 0 aliphatic heterocycles. The Morgan fingerprint density at radius 1 is 0.564 bits per heavy atom. The molecule has 0 aliphatic rings. The molecule has 0 fully saturated rings. The fraction of sp³-hybridized carbons (Fsp3) is 0.941. The zero-order valence-corrected chi connectivity index (χ0v) is 26.7. The molecule has 0 rings (SSSR count). The van der Waals surface area contributed by atoms with Crippen LogP contribution in [0.4, 0.5) is 0 Å². The van der Waals surface area contributed by atoms with Crippen LogP contribution in [0.1, 0.15) is 169 Å². The first-order valence-corrected chi connectivity index (χ1v) is 16.7. The van der Waals surface area contributed by atoms with Gasteiger partial charge in [-0.2, -0.15) is 0 Å². The second kappa shape index (κ2) is 25.8. The van der Waals surface area contributed by atoms with E-state index >= 15 is 0 Å². The predicted octanol–water partition coefficient (Wildman–Crippen LogP) is 9.58. The molecule has 0 saturated carbocycles. The van der Waals surface area contributed by atoms with Gasteiger partial charge < -0.3 is 14.6 Å². The Balaban J connectivity index is 3.87. The van der Waals surface area contributed by atoms with Crippen LogP contribution in [0.2, 0.25) is 0 Å². The van der Waals surface area contributed by atoms with E-state index in [1.807, 2.05) is 6.92 Å². The Labute approximate surface area is 242 Å². The Morgan fingerprint density at radius 2 is 0.872 bits per heavy atom. The summed E-state index contributed by atoms with van der Waals surface area (Å²) in [5.41, 5.74) is -0.712. The van der Waals surface area contributed by atoms with Gasteiger partial charge in [-0.25, -0.2) is 0 Å². The van der Waals surface area contributed by atoms with E-state index in [1.54, 1.807) is 0 Å². The smallest absolute Gasteiger partial charge is 0.305 e. The van der Waals surface area contributed by atoms with Crippen molar-refractivity contribution < 1.29 is 24.2 Å². The van der Waals surface area contributed by atoms with Crippen molar-refractivity contribution in [1.82, 2.24) is 0 Å². The third-order valence-corrected chi connectivity index (χ3v) is 7.99. The average Bonchev–Trinajstić information content (AvgIpc) is 2.91. The lowest BCUT2D eigenvalue weighted by molar-refractivity contribution is -0.156. The van der Waals surface area contributed by atoms with Crippen molar-refractivity contribution in [2.45, 2.75) is 169 Å². The topological polar surface area (TPSA) is 72.8 Å².